The first kappa shape index (κ1) is 10.4. The van der Waals surface area contributed by atoms with Gasteiger partial charge >= 0.3 is 5.97 Å². The number of carbonyl (C=O) groups is 1. The van der Waals surface area contributed by atoms with Gasteiger partial charge in [0, 0.05) is 0 Å². The van der Waals surface area contributed by atoms with Crippen LogP contribution < -0.4 is 5.32 Å². The molecular weight excluding hydrogens is 162 g/mol. The third kappa shape index (κ3) is 4.72. The van der Waals surface area contributed by atoms with Crippen LogP contribution in [0.15, 0.2) is 0 Å². The molecule has 2 N–H and O–H groups in total. The van der Waals surface area contributed by atoms with E-state index in [0.717, 1.165) is 6.42 Å². The lowest BCUT2D eigenvalue weighted by Gasteiger charge is -2.12. The van der Waals surface area contributed by atoms with Gasteiger partial charge in [-0.15, -0.1) is 0 Å². The molecule has 0 rings (SSSR count). The van der Waals surface area contributed by atoms with Crippen molar-refractivity contribution >= 4 is 23.2 Å². The molecule has 0 bridgehead atoms. The fraction of sp³-hybridized carbons (Fsp3) is 0.714. The summed E-state index contributed by atoms with van der Waals surface area (Å²) in [5.74, 6) is -0.837. The molecule has 0 aromatic rings. The van der Waals surface area contributed by atoms with Crippen LogP contribution in [0.25, 0.3) is 0 Å². The molecule has 64 valence electrons. The monoisotopic (exact) mass is 175 g/mol. The Morgan fingerprint density at radius 2 is 2.27 bits per heavy atom. The number of carboxylic acid groups (broad SMARTS) is 1. The number of thiocarbonyl (C=S) groups is 1. The molecule has 3 nitrogen and oxygen atoms in total. The molecular formula is C7H13NO2S. The summed E-state index contributed by atoms with van der Waals surface area (Å²) in [7, 11) is 0. The van der Waals surface area contributed by atoms with Gasteiger partial charge in [0.25, 0.3) is 0 Å². The van der Waals surface area contributed by atoms with Crippen molar-refractivity contribution in [1.82, 2.24) is 5.32 Å². The molecule has 0 radical (unpaired) electrons. The quantitative estimate of drug-likeness (QED) is 0.630. The van der Waals surface area contributed by atoms with E-state index in [0.29, 0.717) is 11.4 Å². The van der Waals surface area contributed by atoms with Crippen molar-refractivity contribution in [1.29, 1.82) is 0 Å². The van der Waals surface area contributed by atoms with Gasteiger partial charge in [0.1, 0.15) is 6.04 Å². The Balaban J connectivity index is 3.89. The third-order valence-corrected chi connectivity index (χ3v) is 1.37. The van der Waals surface area contributed by atoms with E-state index in [2.05, 4.69) is 5.32 Å². The van der Waals surface area contributed by atoms with Crippen LogP contribution in [0.3, 0.4) is 0 Å². The molecule has 0 heterocycles. The lowest BCUT2D eigenvalue weighted by atomic mass is 10.2. The molecule has 0 aromatic heterocycles. The second-order valence-corrected chi connectivity index (χ2v) is 2.99. The zero-order valence-electron chi connectivity index (χ0n) is 6.76. The van der Waals surface area contributed by atoms with Crippen molar-refractivity contribution in [3.8, 4) is 0 Å². The molecule has 0 aliphatic carbocycles. The zero-order valence-corrected chi connectivity index (χ0v) is 7.57. The summed E-state index contributed by atoms with van der Waals surface area (Å²) < 4.78 is 0. The lowest BCUT2D eigenvalue weighted by molar-refractivity contribution is -0.139. The maximum atomic E-state index is 10.5. The highest BCUT2D eigenvalue weighted by molar-refractivity contribution is 7.80. The number of hydrogen-bond acceptors (Lipinski definition) is 2. The highest BCUT2D eigenvalue weighted by atomic mass is 32.1. The summed E-state index contributed by atoms with van der Waals surface area (Å²) in [5.41, 5.74) is 0. The highest BCUT2D eigenvalue weighted by Gasteiger charge is 2.14. The maximum absolute atomic E-state index is 10.5. The van der Waals surface area contributed by atoms with E-state index in [9.17, 15) is 4.79 Å². The van der Waals surface area contributed by atoms with Crippen molar-refractivity contribution in [3.63, 3.8) is 0 Å². The van der Waals surface area contributed by atoms with Crippen molar-refractivity contribution in [3.05, 3.63) is 0 Å². The number of carboxylic acids is 1. The molecule has 0 aliphatic rings. The predicted molar refractivity (Wildman–Crippen MR) is 47.7 cm³/mol. The normalized spacial score (nSPS) is 12.2. The van der Waals surface area contributed by atoms with E-state index in [1.807, 2.05) is 6.92 Å². The average Bonchev–Trinajstić information content (AvgIpc) is 1.86. The van der Waals surface area contributed by atoms with E-state index in [1.54, 1.807) is 6.92 Å². The molecule has 0 aromatic carbocycles. The molecule has 0 saturated heterocycles. The summed E-state index contributed by atoms with van der Waals surface area (Å²) >= 11 is 4.73. The molecule has 4 heteroatoms. The number of rotatable bonds is 4. The van der Waals surface area contributed by atoms with E-state index < -0.39 is 12.0 Å². The molecule has 1 atom stereocenters. The van der Waals surface area contributed by atoms with E-state index in [1.165, 1.54) is 0 Å². The Morgan fingerprint density at radius 1 is 1.73 bits per heavy atom. The smallest absolute Gasteiger partial charge is 0.326 e. The molecule has 0 amide bonds. The number of nitrogens with one attached hydrogen (secondary N) is 1. The summed E-state index contributed by atoms with van der Waals surface area (Å²) in [5, 5.41) is 11.3. The van der Waals surface area contributed by atoms with Crippen LogP contribution in [0.2, 0.25) is 0 Å². The second kappa shape index (κ2) is 5.07. The van der Waals surface area contributed by atoms with Crippen LogP contribution in [0.4, 0.5) is 0 Å². The Bertz CT molecular complexity index is 159. The topological polar surface area (TPSA) is 49.3 Å². The van der Waals surface area contributed by atoms with Crippen LogP contribution in [-0.4, -0.2) is 22.1 Å². The molecule has 11 heavy (non-hydrogen) atoms. The van der Waals surface area contributed by atoms with Crippen LogP contribution >= 0.6 is 12.2 Å². The molecule has 1 unspecified atom stereocenters. The summed E-state index contributed by atoms with van der Waals surface area (Å²) in [6.07, 6.45) is 1.45. The maximum Gasteiger partial charge on any atom is 0.326 e. The average molecular weight is 175 g/mol. The third-order valence-electron chi connectivity index (χ3n) is 1.25. The van der Waals surface area contributed by atoms with Gasteiger partial charge in [0.2, 0.25) is 0 Å². The van der Waals surface area contributed by atoms with Gasteiger partial charge in [-0.2, -0.15) is 0 Å². The van der Waals surface area contributed by atoms with Crippen LogP contribution in [-0.2, 0) is 4.79 Å². The lowest BCUT2D eigenvalue weighted by Crippen LogP contribution is -2.38. The SMILES string of the molecule is CCCC(NC(C)=S)C(=O)O. The van der Waals surface area contributed by atoms with Crippen LogP contribution in [0, 0.1) is 0 Å². The van der Waals surface area contributed by atoms with Crippen molar-refractivity contribution in [2.75, 3.05) is 0 Å². The fourth-order valence-electron chi connectivity index (χ4n) is 0.791. The van der Waals surface area contributed by atoms with Gasteiger partial charge in [-0.05, 0) is 13.3 Å². The van der Waals surface area contributed by atoms with Crippen LogP contribution in [0.5, 0.6) is 0 Å². The number of hydrogen-bond donors (Lipinski definition) is 2. The minimum absolute atomic E-state index is 0.516. The van der Waals surface area contributed by atoms with Gasteiger partial charge < -0.3 is 10.4 Å². The van der Waals surface area contributed by atoms with Crippen molar-refractivity contribution in [2.45, 2.75) is 32.7 Å². The van der Waals surface area contributed by atoms with E-state index in [-0.39, 0.29) is 0 Å². The number of aliphatic carboxylic acids is 1. The van der Waals surface area contributed by atoms with E-state index >= 15 is 0 Å². The first-order valence-corrected chi connectivity index (χ1v) is 3.98. The standard InChI is InChI=1S/C7H13NO2S/c1-3-4-6(7(9)10)8-5(2)11/h6H,3-4H2,1-2H3,(H,8,11)(H,9,10). The summed E-state index contributed by atoms with van der Waals surface area (Å²) in [4.78, 5) is 11.0. The Morgan fingerprint density at radius 3 is 2.55 bits per heavy atom. The largest absolute Gasteiger partial charge is 0.480 e. The van der Waals surface area contributed by atoms with Crippen molar-refractivity contribution in [2.24, 2.45) is 0 Å². The molecule has 0 spiro atoms. The summed E-state index contributed by atoms with van der Waals surface area (Å²) in [6, 6.07) is -0.516. The first-order chi connectivity index (χ1) is 5.07. The Hall–Kier alpha value is -0.640. The molecule has 0 aliphatic heterocycles. The fourth-order valence-corrected chi connectivity index (χ4v) is 0.934. The van der Waals surface area contributed by atoms with Gasteiger partial charge in [-0.3, -0.25) is 0 Å². The van der Waals surface area contributed by atoms with Crippen LogP contribution in [0.1, 0.15) is 26.7 Å². The Labute approximate surface area is 71.8 Å². The minimum Gasteiger partial charge on any atom is -0.480 e. The van der Waals surface area contributed by atoms with Gasteiger partial charge in [-0.25, -0.2) is 4.79 Å². The Kier molecular flexibility index (Phi) is 4.77. The van der Waals surface area contributed by atoms with Crippen molar-refractivity contribution < 1.29 is 9.90 Å². The first-order valence-electron chi connectivity index (χ1n) is 3.57. The second-order valence-electron chi connectivity index (χ2n) is 2.38. The minimum atomic E-state index is -0.837. The van der Waals surface area contributed by atoms with Gasteiger partial charge in [-0.1, -0.05) is 25.6 Å². The van der Waals surface area contributed by atoms with Gasteiger partial charge in [0.15, 0.2) is 0 Å². The predicted octanol–water partition coefficient (Wildman–Crippen LogP) is 1.18. The van der Waals surface area contributed by atoms with E-state index in [4.69, 9.17) is 17.3 Å². The molecule has 0 fully saturated rings. The summed E-state index contributed by atoms with van der Waals surface area (Å²) in [6.45, 7) is 3.62. The zero-order chi connectivity index (χ0) is 8.85. The highest BCUT2D eigenvalue weighted by Crippen LogP contribution is 1.96. The van der Waals surface area contributed by atoms with Gasteiger partial charge in [0.05, 0.1) is 4.99 Å². The molecule has 0 saturated carbocycles.